The lowest BCUT2D eigenvalue weighted by molar-refractivity contribution is -0.130. The molecule has 0 N–H and O–H groups in total. The van der Waals surface area contributed by atoms with Crippen molar-refractivity contribution in [3.05, 3.63) is 93.2 Å². The fraction of sp³-hybridized carbons (Fsp3) is 0.321. The Morgan fingerprint density at radius 1 is 1.00 bits per heavy atom. The van der Waals surface area contributed by atoms with Gasteiger partial charge in [0.1, 0.15) is 11.6 Å². The number of hydrogen-bond donors (Lipinski definition) is 0. The van der Waals surface area contributed by atoms with Crippen LogP contribution in [-0.2, 0) is 24.1 Å². The molecule has 0 radical (unpaired) electrons. The van der Waals surface area contributed by atoms with Crippen LogP contribution in [0, 0.1) is 12.7 Å². The van der Waals surface area contributed by atoms with E-state index in [0.29, 0.717) is 51.0 Å². The second-order valence-electron chi connectivity index (χ2n) is 8.72. The molecule has 1 saturated heterocycles. The summed E-state index contributed by atoms with van der Waals surface area (Å²) in [7, 11) is 1.65. The second kappa shape index (κ2) is 11.0. The Balaban J connectivity index is 1.41. The van der Waals surface area contributed by atoms with E-state index in [4.69, 9.17) is 4.74 Å². The monoisotopic (exact) mass is 524 g/mol. The molecule has 4 nitrogen and oxygen atoms in total. The largest absolute Gasteiger partial charge is 0.496 e. The maximum absolute atomic E-state index is 14.9. The molecule has 1 aliphatic heterocycles. The van der Waals surface area contributed by atoms with Crippen molar-refractivity contribution in [3.8, 4) is 5.75 Å². The van der Waals surface area contributed by atoms with Crippen LogP contribution in [0.3, 0.4) is 0 Å². The summed E-state index contributed by atoms with van der Waals surface area (Å²) < 4.78 is 21.4. The Morgan fingerprint density at radius 3 is 2.44 bits per heavy atom. The van der Waals surface area contributed by atoms with Crippen LogP contribution in [0.25, 0.3) is 0 Å². The number of hydrogen-bond acceptors (Lipinski definition) is 3. The van der Waals surface area contributed by atoms with Crippen LogP contribution < -0.4 is 9.64 Å². The number of carbonyl (C=O) groups excluding carboxylic acids is 1. The van der Waals surface area contributed by atoms with E-state index in [-0.39, 0.29) is 11.7 Å². The minimum absolute atomic E-state index is 0.143. The number of rotatable bonds is 7. The third-order valence-corrected chi connectivity index (χ3v) is 6.92. The molecule has 1 aliphatic rings. The average Bonchev–Trinajstić information content (AvgIpc) is 2.85. The normalized spacial score (nSPS) is 13.8. The van der Waals surface area contributed by atoms with Crippen molar-refractivity contribution < 1.29 is 13.9 Å². The molecular weight excluding hydrogens is 495 g/mol. The van der Waals surface area contributed by atoms with E-state index >= 15 is 0 Å². The second-order valence-corrected chi connectivity index (χ2v) is 9.64. The number of amides is 1. The van der Waals surface area contributed by atoms with Crippen LogP contribution >= 0.6 is 15.9 Å². The van der Waals surface area contributed by atoms with E-state index in [0.717, 1.165) is 27.0 Å². The maximum Gasteiger partial charge on any atom is 0.227 e. The van der Waals surface area contributed by atoms with E-state index in [9.17, 15) is 9.18 Å². The van der Waals surface area contributed by atoms with Gasteiger partial charge in [-0.25, -0.2) is 4.39 Å². The summed E-state index contributed by atoms with van der Waals surface area (Å²) in [5.41, 5.74) is 4.89. The zero-order chi connectivity index (χ0) is 24.1. The summed E-state index contributed by atoms with van der Waals surface area (Å²) in [5.74, 6) is 0.760. The molecule has 3 aromatic rings. The van der Waals surface area contributed by atoms with Crippen molar-refractivity contribution >= 4 is 27.5 Å². The molecule has 6 heteroatoms. The lowest BCUT2D eigenvalue weighted by atomic mass is 10.0. The first-order valence-corrected chi connectivity index (χ1v) is 12.4. The fourth-order valence-corrected chi connectivity index (χ4v) is 4.89. The van der Waals surface area contributed by atoms with Crippen LogP contribution in [0.2, 0.25) is 0 Å². The highest BCUT2D eigenvalue weighted by atomic mass is 79.9. The molecule has 178 valence electrons. The van der Waals surface area contributed by atoms with Gasteiger partial charge >= 0.3 is 0 Å². The number of carbonyl (C=O) groups is 1. The van der Waals surface area contributed by atoms with Crippen molar-refractivity contribution in [2.45, 2.75) is 26.2 Å². The number of piperazine rings is 1. The smallest absolute Gasteiger partial charge is 0.227 e. The number of anilines is 1. The minimum Gasteiger partial charge on any atom is -0.496 e. The molecule has 0 bridgehead atoms. The van der Waals surface area contributed by atoms with Gasteiger partial charge in [-0.3, -0.25) is 4.79 Å². The lowest BCUT2D eigenvalue weighted by Crippen LogP contribution is -2.49. The lowest BCUT2D eigenvalue weighted by Gasteiger charge is -2.37. The number of aryl methyl sites for hydroxylation is 2. The summed E-state index contributed by atoms with van der Waals surface area (Å²) in [6.45, 7) is 4.70. The van der Waals surface area contributed by atoms with E-state index in [1.165, 1.54) is 11.6 Å². The maximum atomic E-state index is 14.9. The summed E-state index contributed by atoms with van der Waals surface area (Å²) >= 11 is 3.51. The summed E-state index contributed by atoms with van der Waals surface area (Å²) in [5, 5.41) is 0. The van der Waals surface area contributed by atoms with Crippen LogP contribution in [0.4, 0.5) is 10.1 Å². The summed E-state index contributed by atoms with van der Waals surface area (Å²) in [6.07, 6.45) is 1.66. The van der Waals surface area contributed by atoms with Crippen LogP contribution in [0.5, 0.6) is 5.75 Å². The first-order chi connectivity index (χ1) is 16.4. The van der Waals surface area contributed by atoms with Gasteiger partial charge < -0.3 is 14.5 Å². The van der Waals surface area contributed by atoms with Crippen LogP contribution in [0.15, 0.2) is 65.1 Å². The number of benzene rings is 3. The van der Waals surface area contributed by atoms with Gasteiger partial charge in [0.05, 0.1) is 13.5 Å². The highest BCUT2D eigenvalue weighted by Crippen LogP contribution is 2.29. The van der Waals surface area contributed by atoms with Gasteiger partial charge in [-0.15, -0.1) is 0 Å². The Kier molecular flexibility index (Phi) is 7.88. The topological polar surface area (TPSA) is 32.8 Å². The Labute approximate surface area is 209 Å². The molecule has 0 atom stereocenters. The molecule has 0 aromatic heterocycles. The molecule has 0 saturated carbocycles. The number of ether oxygens (including phenoxy) is 1. The molecule has 3 aromatic carbocycles. The molecular formula is C28H30BrFN2O2. The first kappa shape index (κ1) is 24.3. The van der Waals surface area contributed by atoms with E-state index in [2.05, 4.69) is 20.8 Å². The molecule has 0 aliphatic carbocycles. The van der Waals surface area contributed by atoms with Gasteiger partial charge in [-0.2, -0.15) is 0 Å². The molecule has 4 rings (SSSR count). The quantitative estimate of drug-likeness (QED) is 0.404. The average molecular weight is 525 g/mol. The Morgan fingerprint density at radius 2 is 1.74 bits per heavy atom. The fourth-order valence-electron chi connectivity index (χ4n) is 4.48. The van der Waals surface area contributed by atoms with E-state index < -0.39 is 0 Å². The molecule has 1 amide bonds. The van der Waals surface area contributed by atoms with Crippen molar-refractivity contribution in [2.75, 3.05) is 38.2 Å². The summed E-state index contributed by atoms with van der Waals surface area (Å²) in [4.78, 5) is 16.9. The van der Waals surface area contributed by atoms with Gasteiger partial charge in [0.2, 0.25) is 5.91 Å². The zero-order valence-corrected chi connectivity index (χ0v) is 21.3. The first-order valence-electron chi connectivity index (χ1n) is 11.6. The molecule has 1 heterocycles. The molecule has 0 unspecified atom stereocenters. The SMILES string of the molecule is COc1ccc(Br)cc1CCc1c(F)cccc1N1CCN(C(=O)Cc2ccc(C)cc2)CC1. The predicted octanol–water partition coefficient (Wildman–Crippen LogP) is 5.58. The van der Waals surface area contributed by atoms with Gasteiger partial charge in [-0.05, 0) is 61.2 Å². The molecule has 0 spiro atoms. The van der Waals surface area contributed by atoms with Crippen molar-refractivity contribution in [1.82, 2.24) is 4.90 Å². The standard InChI is InChI=1S/C28H30BrFN2O2/c1-20-6-8-21(9-7-20)18-28(33)32-16-14-31(15-17-32)26-5-3-4-25(30)24(26)12-10-22-19-23(29)11-13-27(22)34-2/h3-9,11,13,19H,10,12,14-18H2,1-2H3. The third kappa shape index (κ3) is 5.79. The highest BCUT2D eigenvalue weighted by Gasteiger charge is 2.24. The Hall–Kier alpha value is -2.86. The molecule has 34 heavy (non-hydrogen) atoms. The predicted molar refractivity (Wildman–Crippen MR) is 138 cm³/mol. The van der Waals surface area contributed by atoms with E-state index in [1.807, 2.05) is 60.4 Å². The van der Waals surface area contributed by atoms with Crippen LogP contribution in [-0.4, -0.2) is 44.1 Å². The van der Waals surface area contributed by atoms with Crippen molar-refractivity contribution in [1.29, 1.82) is 0 Å². The van der Waals surface area contributed by atoms with Gasteiger partial charge in [0, 0.05) is 41.9 Å². The third-order valence-electron chi connectivity index (χ3n) is 6.43. The van der Waals surface area contributed by atoms with Gasteiger partial charge in [0.25, 0.3) is 0 Å². The highest BCUT2D eigenvalue weighted by molar-refractivity contribution is 9.10. The number of nitrogens with zero attached hydrogens (tertiary/aromatic N) is 2. The number of methoxy groups -OCH3 is 1. The van der Waals surface area contributed by atoms with E-state index in [1.54, 1.807) is 13.2 Å². The van der Waals surface area contributed by atoms with Crippen molar-refractivity contribution in [3.63, 3.8) is 0 Å². The van der Waals surface area contributed by atoms with Crippen molar-refractivity contribution in [2.24, 2.45) is 0 Å². The van der Waals surface area contributed by atoms with Gasteiger partial charge in [-0.1, -0.05) is 51.8 Å². The molecule has 1 fully saturated rings. The Bertz CT molecular complexity index is 1140. The minimum atomic E-state index is -0.190. The van der Waals surface area contributed by atoms with Crippen LogP contribution in [0.1, 0.15) is 22.3 Å². The number of halogens is 2. The zero-order valence-electron chi connectivity index (χ0n) is 19.7. The summed E-state index contributed by atoms with van der Waals surface area (Å²) in [6, 6.07) is 19.3. The van der Waals surface area contributed by atoms with Gasteiger partial charge in [0.15, 0.2) is 0 Å².